The Morgan fingerprint density at radius 2 is 2.16 bits per heavy atom. The summed E-state index contributed by atoms with van der Waals surface area (Å²) in [6, 6.07) is 5.54. The smallest absolute Gasteiger partial charge is 0.223 e. The number of anilines is 1. The average molecular weight is 262 g/mol. The minimum absolute atomic E-state index is 0.0320. The van der Waals surface area contributed by atoms with Crippen LogP contribution in [0.3, 0.4) is 0 Å². The molecule has 0 saturated carbocycles. The van der Waals surface area contributed by atoms with Gasteiger partial charge >= 0.3 is 0 Å². The molecule has 1 aliphatic heterocycles. The lowest BCUT2D eigenvalue weighted by atomic mass is 9.89. The van der Waals surface area contributed by atoms with Gasteiger partial charge in [-0.1, -0.05) is 13.8 Å². The molecule has 0 saturated heterocycles. The Balaban J connectivity index is 2.33. The number of nitrogens with one attached hydrogen (secondary N) is 1. The second kappa shape index (κ2) is 4.76. The van der Waals surface area contributed by atoms with Crippen LogP contribution in [0.4, 0.5) is 5.69 Å². The summed E-state index contributed by atoms with van der Waals surface area (Å²) >= 11 is 0. The first kappa shape index (κ1) is 13.7. The maximum absolute atomic E-state index is 11.9. The van der Waals surface area contributed by atoms with Crippen molar-refractivity contribution in [2.75, 3.05) is 5.73 Å². The zero-order chi connectivity index (χ0) is 14.2. The molecule has 1 aromatic carbocycles. The molecule has 19 heavy (non-hydrogen) atoms. The van der Waals surface area contributed by atoms with E-state index in [4.69, 9.17) is 10.5 Å². The van der Waals surface area contributed by atoms with Crippen LogP contribution >= 0.6 is 0 Å². The summed E-state index contributed by atoms with van der Waals surface area (Å²) in [6.07, 6.45) is 0.738. The van der Waals surface area contributed by atoms with Crippen LogP contribution in [0.25, 0.3) is 0 Å². The number of hydrogen-bond acceptors (Lipinski definition) is 3. The van der Waals surface area contributed by atoms with Crippen molar-refractivity contribution in [3.63, 3.8) is 0 Å². The van der Waals surface area contributed by atoms with Gasteiger partial charge in [-0.15, -0.1) is 0 Å². The van der Waals surface area contributed by atoms with Crippen LogP contribution in [0.2, 0.25) is 0 Å². The van der Waals surface area contributed by atoms with Gasteiger partial charge in [0, 0.05) is 23.6 Å². The van der Waals surface area contributed by atoms with Crippen LogP contribution in [0.15, 0.2) is 18.2 Å². The molecule has 0 aliphatic carbocycles. The fraction of sp³-hybridized carbons (Fsp3) is 0.533. The maximum Gasteiger partial charge on any atom is 0.223 e. The van der Waals surface area contributed by atoms with Crippen molar-refractivity contribution in [3.05, 3.63) is 23.8 Å². The molecular weight excluding hydrogens is 240 g/mol. The van der Waals surface area contributed by atoms with Crippen molar-refractivity contribution in [3.8, 4) is 5.75 Å². The number of nitrogens with two attached hydrogens (primary N) is 1. The number of hydrogen-bond donors (Lipinski definition) is 2. The van der Waals surface area contributed by atoms with Gasteiger partial charge in [-0.3, -0.25) is 4.79 Å². The van der Waals surface area contributed by atoms with Gasteiger partial charge in [-0.25, -0.2) is 0 Å². The molecule has 0 radical (unpaired) electrons. The summed E-state index contributed by atoms with van der Waals surface area (Å²) < 4.78 is 5.94. The molecule has 104 valence electrons. The highest BCUT2D eigenvalue weighted by atomic mass is 16.5. The molecule has 3 N–H and O–H groups in total. The number of fused-ring (bicyclic) bond motifs is 1. The van der Waals surface area contributed by atoms with Gasteiger partial charge in [0.05, 0.1) is 6.04 Å². The Kier molecular flexibility index (Phi) is 3.43. The van der Waals surface area contributed by atoms with Gasteiger partial charge in [-0.05, 0) is 32.0 Å². The molecule has 2 rings (SSSR count). The Bertz CT molecular complexity index is 495. The van der Waals surface area contributed by atoms with Gasteiger partial charge < -0.3 is 15.8 Å². The predicted octanol–water partition coefficient (Wildman–Crippen LogP) is 2.64. The van der Waals surface area contributed by atoms with E-state index < -0.39 is 0 Å². The lowest BCUT2D eigenvalue weighted by Crippen LogP contribution is -2.42. The van der Waals surface area contributed by atoms with Crippen LogP contribution in [0.1, 0.15) is 45.7 Å². The van der Waals surface area contributed by atoms with E-state index in [1.54, 1.807) is 0 Å². The molecule has 1 atom stereocenters. The number of carbonyl (C=O) groups is 1. The number of amides is 1. The first-order chi connectivity index (χ1) is 8.78. The number of carbonyl (C=O) groups excluding carboxylic acids is 1. The largest absolute Gasteiger partial charge is 0.487 e. The van der Waals surface area contributed by atoms with Gasteiger partial charge in [0.25, 0.3) is 0 Å². The quantitative estimate of drug-likeness (QED) is 0.805. The van der Waals surface area contributed by atoms with Crippen molar-refractivity contribution in [1.82, 2.24) is 5.32 Å². The topological polar surface area (TPSA) is 64.3 Å². The summed E-state index contributed by atoms with van der Waals surface area (Å²) in [5.74, 6) is 0.825. The lowest BCUT2D eigenvalue weighted by molar-refractivity contribution is -0.125. The fourth-order valence-corrected chi connectivity index (χ4v) is 2.34. The van der Waals surface area contributed by atoms with Crippen LogP contribution in [-0.2, 0) is 4.79 Å². The second-order valence-electron chi connectivity index (χ2n) is 6.08. The molecule has 0 bridgehead atoms. The van der Waals surface area contributed by atoms with Crippen molar-refractivity contribution in [2.45, 2.75) is 45.8 Å². The van der Waals surface area contributed by atoms with Gasteiger partial charge in [-0.2, -0.15) is 0 Å². The average Bonchev–Trinajstić information content (AvgIpc) is 2.29. The van der Waals surface area contributed by atoms with Gasteiger partial charge in [0.2, 0.25) is 5.91 Å². The molecular formula is C15H22N2O2. The highest BCUT2D eigenvalue weighted by molar-refractivity contribution is 5.78. The zero-order valence-electron chi connectivity index (χ0n) is 12.0. The highest BCUT2D eigenvalue weighted by Gasteiger charge is 2.34. The molecule has 1 unspecified atom stereocenters. The summed E-state index contributed by atoms with van der Waals surface area (Å²) in [4.78, 5) is 11.9. The minimum atomic E-state index is -0.294. The summed E-state index contributed by atoms with van der Waals surface area (Å²) in [5.41, 5.74) is 7.19. The van der Waals surface area contributed by atoms with Crippen molar-refractivity contribution in [1.29, 1.82) is 0 Å². The number of rotatable bonds is 2. The number of ether oxygens (including phenoxy) is 1. The monoisotopic (exact) mass is 262 g/mol. The van der Waals surface area contributed by atoms with E-state index >= 15 is 0 Å². The third kappa shape index (κ3) is 3.00. The van der Waals surface area contributed by atoms with E-state index in [0.717, 1.165) is 17.7 Å². The molecule has 4 heteroatoms. The molecule has 4 nitrogen and oxygen atoms in total. The fourth-order valence-electron chi connectivity index (χ4n) is 2.34. The minimum Gasteiger partial charge on any atom is -0.487 e. The third-order valence-corrected chi connectivity index (χ3v) is 3.33. The number of benzene rings is 1. The van der Waals surface area contributed by atoms with Crippen LogP contribution in [0, 0.1) is 5.92 Å². The summed E-state index contributed by atoms with van der Waals surface area (Å²) in [7, 11) is 0. The van der Waals surface area contributed by atoms with E-state index in [1.807, 2.05) is 45.9 Å². The first-order valence-corrected chi connectivity index (χ1v) is 6.67. The first-order valence-electron chi connectivity index (χ1n) is 6.67. The Labute approximate surface area is 114 Å². The van der Waals surface area contributed by atoms with Gasteiger partial charge in [0.15, 0.2) is 0 Å². The standard InChI is InChI=1S/C15H22N2O2/c1-9(2)14(18)17-12-8-15(3,4)19-13-6-5-10(16)7-11(12)13/h5-7,9,12H,8,16H2,1-4H3,(H,17,18). The Morgan fingerprint density at radius 1 is 1.47 bits per heavy atom. The van der Waals surface area contributed by atoms with Crippen molar-refractivity contribution < 1.29 is 9.53 Å². The van der Waals surface area contributed by atoms with Crippen LogP contribution in [-0.4, -0.2) is 11.5 Å². The zero-order valence-corrected chi connectivity index (χ0v) is 12.0. The Hall–Kier alpha value is -1.71. The summed E-state index contributed by atoms with van der Waals surface area (Å²) in [6.45, 7) is 7.84. The molecule has 0 fully saturated rings. The Morgan fingerprint density at radius 3 is 2.79 bits per heavy atom. The normalized spacial score (nSPS) is 20.6. The molecule has 1 aromatic rings. The van der Waals surface area contributed by atoms with Crippen LogP contribution in [0.5, 0.6) is 5.75 Å². The molecule has 0 spiro atoms. The van der Waals surface area contributed by atoms with E-state index in [2.05, 4.69) is 5.32 Å². The number of nitrogen functional groups attached to an aromatic ring is 1. The van der Waals surface area contributed by atoms with E-state index in [-0.39, 0.29) is 23.5 Å². The van der Waals surface area contributed by atoms with E-state index in [1.165, 1.54) is 0 Å². The van der Waals surface area contributed by atoms with Crippen LogP contribution < -0.4 is 15.8 Å². The highest BCUT2D eigenvalue weighted by Crippen LogP contribution is 2.40. The van der Waals surface area contributed by atoms with Crippen molar-refractivity contribution in [2.24, 2.45) is 5.92 Å². The van der Waals surface area contributed by atoms with Crippen molar-refractivity contribution >= 4 is 11.6 Å². The maximum atomic E-state index is 11.9. The second-order valence-corrected chi connectivity index (χ2v) is 6.08. The van der Waals surface area contributed by atoms with Gasteiger partial charge in [0.1, 0.15) is 11.4 Å². The molecule has 1 heterocycles. The third-order valence-electron chi connectivity index (χ3n) is 3.33. The molecule has 1 aliphatic rings. The SMILES string of the molecule is CC(C)C(=O)NC1CC(C)(C)Oc2ccc(N)cc21. The molecule has 1 amide bonds. The van der Waals surface area contributed by atoms with E-state index in [0.29, 0.717) is 5.69 Å². The lowest BCUT2D eigenvalue weighted by Gasteiger charge is -2.38. The molecule has 0 aromatic heterocycles. The summed E-state index contributed by atoms with van der Waals surface area (Å²) in [5, 5.41) is 3.08. The van der Waals surface area contributed by atoms with E-state index in [9.17, 15) is 4.79 Å². The predicted molar refractivity (Wildman–Crippen MR) is 75.9 cm³/mol.